The van der Waals surface area contributed by atoms with E-state index in [9.17, 15) is 4.79 Å². The lowest BCUT2D eigenvalue weighted by Crippen LogP contribution is -2.14. The van der Waals surface area contributed by atoms with Crippen molar-refractivity contribution in [1.82, 2.24) is 9.97 Å². The van der Waals surface area contributed by atoms with Crippen LogP contribution in [0.4, 0.5) is 5.82 Å². The number of rotatable bonds is 3. The summed E-state index contributed by atoms with van der Waals surface area (Å²) in [5.41, 5.74) is 3.39. The molecule has 2 aromatic heterocycles. The molecule has 0 aliphatic heterocycles. The number of hydrogen-bond acceptors (Lipinski definition) is 5. The van der Waals surface area contributed by atoms with Crippen molar-refractivity contribution in [2.24, 2.45) is 5.84 Å². The molecule has 0 aromatic carbocycles. The standard InChI is InChI=1S/C11H10N4O/c12-15-11-9(2-1-5-14-11)10(16)8-3-6-13-7-4-8/h1-7H,12H2,(H,14,15). The van der Waals surface area contributed by atoms with E-state index >= 15 is 0 Å². The Morgan fingerprint density at radius 2 is 1.94 bits per heavy atom. The number of nitrogens with zero attached hydrogens (tertiary/aromatic N) is 2. The zero-order valence-electron chi connectivity index (χ0n) is 8.42. The highest BCUT2D eigenvalue weighted by Crippen LogP contribution is 2.15. The van der Waals surface area contributed by atoms with Gasteiger partial charge in [0.05, 0.1) is 5.56 Å². The van der Waals surface area contributed by atoms with Crippen LogP contribution in [0.1, 0.15) is 15.9 Å². The maximum atomic E-state index is 12.1. The predicted molar refractivity (Wildman–Crippen MR) is 59.7 cm³/mol. The topological polar surface area (TPSA) is 80.9 Å². The van der Waals surface area contributed by atoms with Crippen LogP contribution in [0.2, 0.25) is 0 Å². The van der Waals surface area contributed by atoms with Crippen molar-refractivity contribution in [3.63, 3.8) is 0 Å². The average Bonchev–Trinajstić information content (AvgIpc) is 2.39. The number of pyridine rings is 2. The van der Waals surface area contributed by atoms with Crippen LogP contribution in [0.5, 0.6) is 0 Å². The molecule has 5 nitrogen and oxygen atoms in total. The molecule has 5 heteroatoms. The summed E-state index contributed by atoms with van der Waals surface area (Å²) in [7, 11) is 0. The van der Waals surface area contributed by atoms with E-state index in [0.717, 1.165) is 0 Å². The molecule has 0 radical (unpaired) electrons. The molecule has 0 aliphatic carbocycles. The second-order valence-corrected chi connectivity index (χ2v) is 3.11. The Bertz CT molecular complexity index is 498. The number of anilines is 1. The third-order valence-electron chi connectivity index (χ3n) is 2.13. The van der Waals surface area contributed by atoms with E-state index in [1.807, 2.05) is 0 Å². The first-order chi connectivity index (χ1) is 7.83. The summed E-state index contributed by atoms with van der Waals surface area (Å²) in [6.07, 6.45) is 4.71. The molecule has 16 heavy (non-hydrogen) atoms. The van der Waals surface area contributed by atoms with Crippen molar-refractivity contribution in [2.45, 2.75) is 0 Å². The summed E-state index contributed by atoms with van der Waals surface area (Å²) in [5.74, 6) is 5.52. The van der Waals surface area contributed by atoms with Crippen LogP contribution < -0.4 is 11.3 Å². The molecule has 80 valence electrons. The predicted octanol–water partition coefficient (Wildman–Crippen LogP) is 0.993. The Morgan fingerprint density at radius 3 is 2.62 bits per heavy atom. The Balaban J connectivity index is 2.42. The molecule has 0 saturated carbocycles. The highest BCUT2D eigenvalue weighted by atomic mass is 16.1. The van der Waals surface area contributed by atoms with Crippen molar-refractivity contribution < 1.29 is 4.79 Å². The minimum Gasteiger partial charge on any atom is -0.308 e. The molecular formula is C11H10N4O. The zero-order chi connectivity index (χ0) is 11.4. The van der Waals surface area contributed by atoms with Crippen molar-refractivity contribution in [2.75, 3.05) is 5.43 Å². The molecular weight excluding hydrogens is 204 g/mol. The van der Waals surface area contributed by atoms with E-state index in [1.54, 1.807) is 42.9 Å². The van der Waals surface area contributed by atoms with E-state index in [2.05, 4.69) is 15.4 Å². The van der Waals surface area contributed by atoms with Crippen LogP contribution in [-0.2, 0) is 0 Å². The van der Waals surface area contributed by atoms with Crippen LogP contribution in [0.3, 0.4) is 0 Å². The molecule has 0 amide bonds. The van der Waals surface area contributed by atoms with Crippen molar-refractivity contribution >= 4 is 11.6 Å². The summed E-state index contributed by atoms with van der Waals surface area (Å²) < 4.78 is 0. The van der Waals surface area contributed by atoms with Gasteiger partial charge in [0, 0.05) is 24.2 Å². The third-order valence-corrected chi connectivity index (χ3v) is 2.13. The number of aromatic nitrogens is 2. The summed E-state index contributed by atoms with van der Waals surface area (Å²) in [5, 5.41) is 0. The van der Waals surface area contributed by atoms with E-state index in [-0.39, 0.29) is 5.78 Å². The van der Waals surface area contributed by atoms with Gasteiger partial charge in [0.1, 0.15) is 0 Å². The van der Waals surface area contributed by atoms with Crippen LogP contribution >= 0.6 is 0 Å². The number of nitrogen functional groups attached to an aromatic ring is 1. The van der Waals surface area contributed by atoms with Gasteiger partial charge < -0.3 is 5.43 Å². The number of carbonyl (C=O) groups is 1. The lowest BCUT2D eigenvalue weighted by atomic mass is 10.1. The smallest absolute Gasteiger partial charge is 0.196 e. The third kappa shape index (κ3) is 1.89. The molecule has 3 N–H and O–H groups in total. The Hall–Kier alpha value is -2.27. The van der Waals surface area contributed by atoms with E-state index in [0.29, 0.717) is 16.9 Å². The highest BCUT2D eigenvalue weighted by Gasteiger charge is 2.13. The Labute approximate surface area is 92.3 Å². The van der Waals surface area contributed by atoms with E-state index in [4.69, 9.17) is 5.84 Å². The molecule has 0 aliphatic rings. The molecule has 2 aromatic rings. The van der Waals surface area contributed by atoms with Gasteiger partial charge in [-0.15, -0.1) is 0 Å². The molecule has 0 spiro atoms. The van der Waals surface area contributed by atoms with Crippen molar-refractivity contribution in [1.29, 1.82) is 0 Å². The maximum absolute atomic E-state index is 12.1. The van der Waals surface area contributed by atoms with Gasteiger partial charge in [-0.2, -0.15) is 0 Å². The quantitative estimate of drug-likeness (QED) is 0.452. The summed E-state index contributed by atoms with van der Waals surface area (Å²) >= 11 is 0. The Kier molecular flexibility index (Phi) is 2.88. The van der Waals surface area contributed by atoms with E-state index < -0.39 is 0 Å². The summed E-state index contributed by atoms with van der Waals surface area (Å²) in [6, 6.07) is 6.66. The molecule has 2 heterocycles. The minimum atomic E-state index is -0.136. The number of nitrogens with one attached hydrogen (secondary N) is 1. The van der Waals surface area contributed by atoms with Gasteiger partial charge in [-0.05, 0) is 24.3 Å². The first-order valence-corrected chi connectivity index (χ1v) is 4.69. The van der Waals surface area contributed by atoms with Crippen molar-refractivity contribution in [3.8, 4) is 0 Å². The lowest BCUT2D eigenvalue weighted by molar-refractivity contribution is 0.103. The van der Waals surface area contributed by atoms with Crippen molar-refractivity contribution in [3.05, 3.63) is 54.0 Å². The van der Waals surface area contributed by atoms with Gasteiger partial charge in [-0.3, -0.25) is 9.78 Å². The first kappa shape index (κ1) is 10.3. The van der Waals surface area contributed by atoms with E-state index in [1.165, 1.54) is 0 Å². The average molecular weight is 214 g/mol. The fourth-order valence-corrected chi connectivity index (χ4v) is 1.36. The molecule has 2 rings (SSSR count). The highest BCUT2D eigenvalue weighted by molar-refractivity contribution is 6.11. The first-order valence-electron chi connectivity index (χ1n) is 4.69. The fourth-order valence-electron chi connectivity index (χ4n) is 1.36. The van der Waals surface area contributed by atoms with Gasteiger partial charge in [-0.25, -0.2) is 10.8 Å². The van der Waals surface area contributed by atoms with Gasteiger partial charge in [-0.1, -0.05) is 0 Å². The fraction of sp³-hybridized carbons (Fsp3) is 0. The Morgan fingerprint density at radius 1 is 1.19 bits per heavy atom. The largest absolute Gasteiger partial charge is 0.308 e. The second kappa shape index (κ2) is 4.50. The van der Waals surface area contributed by atoms with Crippen LogP contribution in [0.15, 0.2) is 42.9 Å². The second-order valence-electron chi connectivity index (χ2n) is 3.11. The van der Waals surface area contributed by atoms with Gasteiger partial charge in [0.2, 0.25) is 0 Å². The molecule has 0 atom stereocenters. The monoisotopic (exact) mass is 214 g/mol. The van der Waals surface area contributed by atoms with Gasteiger partial charge >= 0.3 is 0 Å². The molecule has 0 fully saturated rings. The minimum absolute atomic E-state index is 0.136. The summed E-state index contributed by atoms with van der Waals surface area (Å²) in [6.45, 7) is 0. The SMILES string of the molecule is NNc1ncccc1C(=O)c1ccncc1. The normalized spacial score (nSPS) is 9.81. The lowest BCUT2D eigenvalue weighted by Gasteiger charge is -2.05. The number of nitrogens with two attached hydrogens (primary N) is 1. The number of hydrogen-bond donors (Lipinski definition) is 2. The molecule has 0 unspecified atom stereocenters. The van der Waals surface area contributed by atoms with Crippen LogP contribution in [0, 0.1) is 0 Å². The number of ketones is 1. The maximum Gasteiger partial charge on any atom is 0.196 e. The zero-order valence-corrected chi connectivity index (χ0v) is 8.42. The van der Waals surface area contributed by atoms with Crippen LogP contribution in [0.25, 0.3) is 0 Å². The van der Waals surface area contributed by atoms with Gasteiger partial charge in [0.15, 0.2) is 11.6 Å². The molecule has 0 bridgehead atoms. The number of hydrazine groups is 1. The number of carbonyl (C=O) groups excluding carboxylic acids is 1. The van der Waals surface area contributed by atoms with Crippen LogP contribution in [-0.4, -0.2) is 15.8 Å². The van der Waals surface area contributed by atoms with Gasteiger partial charge in [0.25, 0.3) is 0 Å². The summed E-state index contributed by atoms with van der Waals surface area (Å²) in [4.78, 5) is 19.9. The molecule has 0 saturated heterocycles.